The second-order valence-corrected chi connectivity index (χ2v) is 5.14. The van der Waals surface area contributed by atoms with Gasteiger partial charge < -0.3 is 15.1 Å². The molecular weight excluding hydrogens is 186 g/mol. The summed E-state index contributed by atoms with van der Waals surface area (Å²) in [5.41, 5.74) is 0. The van der Waals surface area contributed by atoms with E-state index in [1.807, 2.05) is 0 Å². The monoisotopic (exact) mass is 211 g/mol. The zero-order chi connectivity index (χ0) is 10.5. The molecule has 2 aliphatic rings. The van der Waals surface area contributed by atoms with Crippen molar-refractivity contribution in [1.82, 2.24) is 15.1 Å². The summed E-state index contributed by atoms with van der Waals surface area (Å²) in [5, 5.41) is 3.46. The molecule has 1 N–H and O–H groups in total. The number of hydrogen-bond donors (Lipinski definition) is 1. The lowest BCUT2D eigenvalue weighted by Crippen LogP contribution is -2.36. The third-order valence-corrected chi connectivity index (χ3v) is 3.67. The summed E-state index contributed by atoms with van der Waals surface area (Å²) in [5.74, 6) is 0.927. The first-order valence-corrected chi connectivity index (χ1v) is 6.50. The molecule has 2 aliphatic heterocycles. The molecule has 88 valence electrons. The van der Waals surface area contributed by atoms with Crippen molar-refractivity contribution in [2.24, 2.45) is 5.92 Å². The summed E-state index contributed by atoms with van der Waals surface area (Å²) in [7, 11) is 0. The fourth-order valence-corrected chi connectivity index (χ4v) is 2.64. The molecule has 0 aromatic heterocycles. The van der Waals surface area contributed by atoms with Crippen LogP contribution >= 0.6 is 0 Å². The molecule has 2 fully saturated rings. The van der Waals surface area contributed by atoms with Crippen LogP contribution in [-0.4, -0.2) is 62.2 Å². The highest BCUT2D eigenvalue weighted by molar-refractivity contribution is 4.74. The van der Waals surface area contributed by atoms with Crippen LogP contribution < -0.4 is 5.32 Å². The average molecular weight is 211 g/mol. The van der Waals surface area contributed by atoms with Crippen LogP contribution in [0.2, 0.25) is 0 Å². The van der Waals surface area contributed by atoms with Gasteiger partial charge in [-0.1, -0.05) is 6.92 Å². The van der Waals surface area contributed by atoms with Gasteiger partial charge in [0.1, 0.15) is 0 Å². The Morgan fingerprint density at radius 1 is 1.07 bits per heavy atom. The van der Waals surface area contributed by atoms with Crippen molar-refractivity contribution >= 4 is 0 Å². The highest BCUT2D eigenvalue weighted by atomic mass is 15.2. The van der Waals surface area contributed by atoms with Crippen LogP contribution in [0.15, 0.2) is 0 Å². The summed E-state index contributed by atoms with van der Waals surface area (Å²) < 4.78 is 0. The average Bonchev–Trinajstić information content (AvgIpc) is 2.52. The van der Waals surface area contributed by atoms with Gasteiger partial charge in [0.05, 0.1) is 0 Å². The predicted molar refractivity (Wildman–Crippen MR) is 64.1 cm³/mol. The number of likely N-dealkylation sites (tertiary alicyclic amines) is 1. The Morgan fingerprint density at radius 2 is 1.93 bits per heavy atom. The van der Waals surface area contributed by atoms with Crippen LogP contribution in [0.1, 0.15) is 19.8 Å². The molecule has 2 heterocycles. The van der Waals surface area contributed by atoms with Gasteiger partial charge in [-0.15, -0.1) is 0 Å². The first-order chi connectivity index (χ1) is 7.34. The van der Waals surface area contributed by atoms with Gasteiger partial charge in [0, 0.05) is 32.7 Å². The van der Waals surface area contributed by atoms with Crippen molar-refractivity contribution in [3.05, 3.63) is 0 Å². The minimum atomic E-state index is 0.927. The Kier molecular flexibility index (Phi) is 4.42. The summed E-state index contributed by atoms with van der Waals surface area (Å²) >= 11 is 0. The number of nitrogens with zero attached hydrogens (tertiary/aromatic N) is 2. The zero-order valence-corrected chi connectivity index (χ0v) is 10.0. The van der Waals surface area contributed by atoms with Crippen molar-refractivity contribution < 1.29 is 0 Å². The molecule has 0 amide bonds. The van der Waals surface area contributed by atoms with Crippen LogP contribution in [0.5, 0.6) is 0 Å². The minimum absolute atomic E-state index is 0.927. The maximum atomic E-state index is 3.46. The van der Waals surface area contributed by atoms with Crippen molar-refractivity contribution in [3.63, 3.8) is 0 Å². The van der Waals surface area contributed by atoms with E-state index < -0.39 is 0 Å². The third-order valence-electron chi connectivity index (χ3n) is 3.67. The largest absolute Gasteiger partial charge is 0.315 e. The lowest BCUT2D eigenvalue weighted by Gasteiger charge is -2.23. The van der Waals surface area contributed by atoms with E-state index >= 15 is 0 Å². The SMILES string of the molecule is CC1CCN(CCN2CCCNCC2)C1. The Morgan fingerprint density at radius 3 is 2.73 bits per heavy atom. The van der Waals surface area contributed by atoms with E-state index in [1.165, 1.54) is 65.2 Å². The van der Waals surface area contributed by atoms with Gasteiger partial charge in [-0.05, 0) is 38.4 Å². The Bertz CT molecular complexity index is 176. The molecule has 0 aromatic carbocycles. The van der Waals surface area contributed by atoms with Crippen molar-refractivity contribution in [2.45, 2.75) is 19.8 Å². The quantitative estimate of drug-likeness (QED) is 0.738. The lowest BCUT2D eigenvalue weighted by molar-refractivity contribution is 0.232. The van der Waals surface area contributed by atoms with E-state index in [-0.39, 0.29) is 0 Å². The standard InChI is InChI=1S/C12H25N3/c1-12-3-7-15(11-12)10-9-14-6-2-4-13-5-8-14/h12-13H,2-11H2,1H3. The van der Waals surface area contributed by atoms with Gasteiger partial charge in [0.2, 0.25) is 0 Å². The van der Waals surface area contributed by atoms with E-state index in [4.69, 9.17) is 0 Å². The van der Waals surface area contributed by atoms with Gasteiger partial charge in [-0.25, -0.2) is 0 Å². The first-order valence-electron chi connectivity index (χ1n) is 6.50. The summed E-state index contributed by atoms with van der Waals surface area (Å²) in [6.45, 7) is 12.5. The highest BCUT2D eigenvalue weighted by Crippen LogP contribution is 2.14. The molecular formula is C12H25N3. The van der Waals surface area contributed by atoms with Gasteiger partial charge >= 0.3 is 0 Å². The summed E-state index contributed by atoms with van der Waals surface area (Å²) in [6, 6.07) is 0. The van der Waals surface area contributed by atoms with Gasteiger partial charge in [0.15, 0.2) is 0 Å². The number of nitrogens with one attached hydrogen (secondary N) is 1. The minimum Gasteiger partial charge on any atom is -0.315 e. The van der Waals surface area contributed by atoms with E-state index in [0.29, 0.717) is 0 Å². The molecule has 2 saturated heterocycles. The van der Waals surface area contributed by atoms with Crippen molar-refractivity contribution in [1.29, 1.82) is 0 Å². The predicted octanol–water partition coefficient (Wildman–Crippen LogP) is 0.624. The Balaban J connectivity index is 1.63. The second-order valence-electron chi connectivity index (χ2n) is 5.14. The molecule has 1 unspecified atom stereocenters. The number of hydrogen-bond acceptors (Lipinski definition) is 3. The van der Waals surface area contributed by atoms with Gasteiger partial charge in [-0.2, -0.15) is 0 Å². The Hall–Kier alpha value is -0.120. The van der Waals surface area contributed by atoms with E-state index in [9.17, 15) is 0 Å². The fourth-order valence-electron chi connectivity index (χ4n) is 2.64. The zero-order valence-electron chi connectivity index (χ0n) is 10.0. The molecule has 0 radical (unpaired) electrons. The van der Waals surface area contributed by atoms with Crippen LogP contribution in [0.3, 0.4) is 0 Å². The fraction of sp³-hybridized carbons (Fsp3) is 1.00. The van der Waals surface area contributed by atoms with Crippen LogP contribution in [-0.2, 0) is 0 Å². The Labute approximate surface area is 93.8 Å². The molecule has 3 nitrogen and oxygen atoms in total. The summed E-state index contributed by atoms with van der Waals surface area (Å²) in [4.78, 5) is 5.24. The molecule has 0 spiro atoms. The molecule has 1 atom stereocenters. The molecule has 0 aromatic rings. The number of rotatable bonds is 3. The lowest BCUT2D eigenvalue weighted by atomic mass is 10.2. The van der Waals surface area contributed by atoms with Crippen LogP contribution in [0, 0.1) is 5.92 Å². The van der Waals surface area contributed by atoms with Gasteiger partial charge in [0.25, 0.3) is 0 Å². The third kappa shape index (κ3) is 3.74. The molecule has 3 heteroatoms. The molecule has 2 rings (SSSR count). The van der Waals surface area contributed by atoms with Gasteiger partial charge in [-0.3, -0.25) is 0 Å². The van der Waals surface area contributed by atoms with Crippen molar-refractivity contribution in [2.75, 3.05) is 52.4 Å². The van der Waals surface area contributed by atoms with E-state index in [2.05, 4.69) is 22.0 Å². The highest BCUT2D eigenvalue weighted by Gasteiger charge is 2.18. The maximum absolute atomic E-state index is 3.46. The van der Waals surface area contributed by atoms with Crippen LogP contribution in [0.25, 0.3) is 0 Å². The molecule has 15 heavy (non-hydrogen) atoms. The molecule has 0 saturated carbocycles. The topological polar surface area (TPSA) is 18.5 Å². The molecule has 0 aliphatic carbocycles. The second kappa shape index (κ2) is 5.83. The van der Waals surface area contributed by atoms with Crippen LogP contribution in [0.4, 0.5) is 0 Å². The molecule has 0 bridgehead atoms. The maximum Gasteiger partial charge on any atom is 0.0110 e. The summed E-state index contributed by atoms with van der Waals surface area (Å²) in [6.07, 6.45) is 2.72. The van der Waals surface area contributed by atoms with Crippen molar-refractivity contribution in [3.8, 4) is 0 Å². The van der Waals surface area contributed by atoms with E-state index in [0.717, 1.165) is 5.92 Å². The normalized spacial score (nSPS) is 30.6. The first kappa shape index (κ1) is 11.4. The van der Waals surface area contributed by atoms with E-state index in [1.54, 1.807) is 0 Å². The smallest absolute Gasteiger partial charge is 0.0110 e.